The minimum absolute atomic E-state index is 0.157. The van der Waals surface area contributed by atoms with Crippen LogP contribution in [-0.4, -0.2) is 41.7 Å². The Hall–Kier alpha value is -0.610. The molecule has 1 saturated heterocycles. The van der Waals surface area contributed by atoms with Gasteiger partial charge in [0.1, 0.15) is 0 Å². The number of rotatable bonds is 3. The number of carbonyl (C=O) groups is 1. The predicted octanol–water partition coefficient (Wildman–Crippen LogP) is 0.981. The highest BCUT2D eigenvalue weighted by atomic mass is 16.3. The van der Waals surface area contributed by atoms with Gasteiger partial charge in [-0.15, -0.1) is 0 Å². The Labute approximate surface area is 104 Å². The van der Waals surface area contributed by atoms with Crippen molar-refractivity contribution in [3.05, 3.63) is 0 Å². The number of amides is 1. The summed E-state index contributed by atoms with van der Waals surface area (Å²) in [4.78, 5) is 13.7. The maximum absolute atomic E-state index is 11.9. The van der Waals surface area contributed by atoms with E-state index in [0.717, 1.165) is 19.4 Å². The number of hydrogen-bond donors (Lipinski definition) is 2. The van der Waals surface area contributed by atoms with Gasteiger partial charge in [0.15, 0.2) is 0 Å². The van der Waals surface area contributed by atoms with Gasteiger partial charge in [0, 0.05) is 26.1 Å². The molecule has 1 heterocycles. The van der Waals surface area contributed by atoms with E-state index in [1.807, 2.05) is 0 Å². The topological polar surface area (TPSA) is 66.6 Å². The summed E-state index contributed by atoms with van der Waals surface area (Å²) in [6, 6.07) is 0. The minimum Gasteiger partial charge on any atom is -0.390 e. The predicted molar refractivity (Wildman–Crippen MR) is 68.4 cm³/mol. The second-order valence-electron chi connectivity index (χ2n) is 6.12. The molecule has 1 unspecified atom stereocenters. The van der Waals surface area contributed by atoms with Crippen LogP contribution < -0.4 is 5.73 Å². The molecule has 1 amide bonds. The standard InChI is InChI=1S/C13H26N2O2/c1-13(2,3)10-4-5-12(17)15(7-6-10)9-11(16)8-14/h10-11,16H,4-9,14H2,1-3H3/t10?,11-/m0/s1. The molecule has 0 aliphatic carbocycles. The fourth-order valence-corrected chi connectivity index (χ4v) is 2.42. The maximum atomic E-state index is 11.9. The van der Waals surface area contributed by atoms with Crippen molar-refractivity contribution in [3.63, 3.8) is 0 Å². The molecule has 1 rings (SSSR count). The summed E-state index contributed by atoms with van der Waals surface area (Å²) < 4.78 is 0. The average Bonchev–Trinajstić information content (AvgIpc) is 2.41. The average molecular weight is 242 g/mol. The van der Waals surface area contributed by atoms with E-state index in [-0.39, 0.29) is 17.9 Å². The second-order valence-corrected chi connectivity index (χ2v) is 6.12. The van der Waals surface area contributed by atoms with Crippen LogP contribution in [0.15, 0.2) is 0 Å². The number of aliphatic hydroxyl groups excluding tert-OH is 1. The lowest BCUT2D eigenvalue weighted by molar-refractivity contribution is -0.132. The lowest BCUT2D eigenvalue weighted by Crippen LogP contribution is -2.40. The van der Waals surface area contributed by atoms with Crippen molar-refractivity contribution in [2.75, 3.05) is 19.6 Å². The van der Waals surface area contributed by atoms with E-state index in [9.17, 15) is 9.90 Å². The molecule has 17 heavy (non-hydrogen) atoms. The van der Waals surface area contributed by atoms with Crippen LogP contribution in [0.4, 0.5) is 0 Å². The maximum Gasteiger partial charge on any atom is 0.222 e. The van der Waals surface area contributed by atoms with E-state index in [0.29, 0.717) is 18.9 Å². The summed E-state index contributed by atoms with van der Waals surface area (Å²) in [6.07, 6.45) is 1.98. The molecule has 4 heteroatoms. The van der Waals surface area contributed by atoms with Gasteiger partial charge in [0.05, 0.1) is 6.10 Å². The lowest BCUT2D eigenvalue weighted by atomic mass is 9.77. The van der Waals surface area contributed by atoms with E-state index < -0.39 is 6.10 Å². The van der Waals surface area contributed by atoms with E-state index >= 15 is 0 Å². The van der Waals surface area contributed by atoms with Crippen molar-refractivity contribution < 1.29 is 9.90 Å². The molecule has 0 aromatic carbocycles. The summed E-state index contributed by atoms with van der Waals surface area (Å²) in [7, 11) is 0. The highest BCUT2D eigenvalue weighted by molar-refractivity contribution is 5.76. The molecule has 0 aromatic rings. The fraction of sp³-hybridized carbons (Fsp3) is 0.923. The number of nitrogens with zero attached hydrogens (tertiary/aromatic N) is 1. The summed E-state index contributed by atoms with van der Waals surface area (Å²) in [5, 5.41) is 9.53. The van der Waals surface area contributed by atoms with Crippen LogP contribution in [-0.2, 0) is 4.79 Å². The van der Waals surface area contributed by atoms with Crippen molar-refractivity contribution in [2.45, 2.75) is 46.1 Å². The molecule has 0 aromatic heterocycles. The van der Waals surface area contributed by atoms with E-state index in [1.54, 1.807) is 4.90 Å². The normalized spacial score (nSPS) is 24.6. The summed E-state index contributed by atoms with van der Waals surface area (Å²) in [6.45, 7) is 8.03. The van der Waals surface area contributed by atoms with Gasteiger partial charge in [-0.2, -0.15) is 0 Å². The van der Waals surface area contributed by atoms with Crippen LogP contribution in [0, 0.1) is 11.3 Å². The van der Waals surface area contributed by atoms with Gasteiger partial charge in [-0.05, 0) is 24.2 Å². The van der Waals surface area contributed by atoms with Crippen molar-refractivity contribution in [2.24, 2.45) is 17.1 Å². The van der Waals surface area contributed by atoms with Crippen molar-refractivity contribution >= 4 is 5.91 Å². The molecule has 0 spiro atoms. The summed E-state index contributed by atoms with van der Waals surface area (Å²) in [5.74, 6) is 0.732. The molecule has 2 atom stereocenters. The van der Waals surface area contributed by atoms with Crippen LogP contribution in [0.25, 0.3) is 0 Å². The van der Waals surface area contributed by atoms with Gasteiger partial charge in [-0.25, -0.2) is 0 Å². The number of nitrogens with two attached hydrogens (primary N) is 1. The molecule has 3 N–H and O–H groups in total. The van der Waals surface area contributed by atoms with Gasteiger partial charge in [-0.1, -0.05) is 20.8 Å². The highest BCUT2D eigenvalue weighted by Gasteiger charge is 2.30. The third kappa shape index (κ3) is 4.28. The first kappa shape index (κ1) is 14.5. The monoisotopic (exact) mass is 242 g/mol. The first-order chi connectivity index (χ1) is 7.84. The second kappa shape index (κ2) is 5.83. The molecule has 0 saturated carbocycles. The Morgan fingerprint density at radius 3 is 2.65 bits per heavy atom. The Bertz CT molecular complexity index is 261. The van der Waals surface area contributed by atoms with Gasteiger partial charge in [0.2, 0.25) is 5.91 Å². The van der Waals surface area contributed by atoms with Crippen LogP contribution in [0.1, 0.15) is 40.0 Å². The number of likely N-dealkylation sites (tertiary alicyclic amines) is 1. The van der Waals surface area contributed by atoms with E-state index in [4.69, 9.17) is 5.73 Å². The largest absolute Gasteiger partial charge is 0.390 e. The molecule has 0 radical (unpaired) electrons. The van der Waals surface area contributed by atoms with Gasteiger partial charge in [-0.3, -0.25) is 4.79 Å². The van der Waals surface area contributed by atoms with E-state index in [1.165, 1.54) is 0 Å². The first-order valence-electron chi connectivity index (χ1n) is 6.50. The quantitative estimate of drug-likeness (QED) is 0.775. The van der Waals surface area contributed by atoms with Gasteiger partial charge >= 0.3 is 0 Å². The SMILES string of the molecule is CC(C)(C)C1CCC(=O)N(C[C@@H](O)CN)CC1. The molecule has 100 valence electrons. The molecule has 1 aliphatic rings. The molecule has 1 fully saturated rings. The Morgan fingerprint density at radius 2 is 2.12 bits per heavy atom. The lowest BCUT2D eigenvalue weighted by Gasteiger charge is -2.29. The molecular formula is C13H26N2O2. The number of hydrogen-bond acceptors (Lipinski definition) is 3. The summed E-state index contributed by atoms with van der Waals surface area (Å²) in [5.41, 5.74) is 5.64. The van der Waals surface area contributed by atoms with Crippen molar-refractivity contribution in [3.8, 4) is 0 Å². The van der Waals surface area contributed by atoms with Crippen LogP contribution in [0.2, 0.25) is 0 Å². The van der Waals surface area contributed by atoms with Crippen molar-refractivity contribution in [1.29, 1.82) is 0 Å². The number of aliphatic hydroxyl groups is 1. The molecule has 1 aliphatic heterocycles. The van der Waals surface area contributed by atoms with E-state index in [2.05, 4.69) is 20.8 Å². The van der Waals surface area contributed by atoms with Crippen LogP contribution in [0.5, 0.6) is 0 Å². The summed E-state index contributed by atoms with van der Waals surface area (Å²) >= 11 is 0. The molecule has 4 nitrogen and oxygen atoms in total. The third-order valence-corrected chi connectivity index (χ3v) is 3.73. The van der Waals surface area contributed by atoms with Crippen LogP contribution >= 0.6 is 0 Å². The van der Waals surface area contributed by atoms with Crippen molar-refractivity contribution in [1.82, 2.24) is 4.90 Å². The highest BCUT2D eigenvalue weighted by Crippen LogP contribution is 2.34. The zero-order valence-corrected chi connectivity index (χ0v) is 11.3. The smallest absolute Gasteiger partial charge is 0.222 e. The van der Waals surface area contributed by atoms with Gasteiger partial charge in [0.25, 0.3) is 0 Å². The van der Waals surface area contributed by atoms with Gasteiger partial charge < -0.3 is 15.7 Å². The number of carbonyl (C=O) groups excluding carboxylic acids is 1. The first-order valence-corrected chi connectivity index (χ1v) is 6.50. The Kier molecular flexibility index (Phi) is 4.95. The molecule has 0 bridgehead atoms. The zero-order chi connectivity index (χ0) is 13.1. The zero-order valence-electron chi connectivity index (χ0n) is 11.3. The fourth-order valence-electron chi connectivity index (χ4n) is 2.42. The van der Waals surface area contributed by atoms with Crippen LogP contribution in [0.3, 0.4) is 0 Å². The number of β-amino-alcohol motifs (C(OH)–C–C–N with tert-alkyl or cyclic N) is 1. The minimum atomic E-state index is -0.592. The Balaban J connectivity index is 2.58. The molecular weight excluding hydrogens is 216 g/mol. The Morgan fingerprint density at radius 1 is 1.47 bits per heavy atom. The third-order valence-electron chi connectivity index (χ3n) is 3.73.